The van der Waals surface area contributed by atoms with Crippen LogP contribution in [-0.2, 0) is 15.4 Å². The Balaban J connectivity index is 1.79. The van der Waals surface area contributed by atoms with E-state index in [-0.39, 0.29) is 16.2 Å². The van der Waals surface area contributed by atoms with E-state index in [4.69, 9.17) is 23.8 Å². The Morgan fingerprint density at radius 1 is 1.28 bits per heavy atom. The summed E-state index contributed by atoms with van der Waals surface area (Å²) in [5.41, 5.74) is 0.784. The average Bonchev–Trinajstić information content (AvgIpc) is 2.74. The highest BCUT2D eigenvalue weighted by molar-refractivity contribution is 7.89. The molecule has 0 saturated heterocycles. The first-order valence-corrected chi connectivity index (χ1v) is 12.0. The Morgan fingerprint density at radius 3 is 2.69 bits per heavy atom. The Hall–Kier alpha value is -1.54. The quantitative estimate of drug-likeness (QED) is 0.620. The number of benzene rings is 1. The molecule has 0 aliphatic heterocycles. The van der Waals surface area contributed by atoms with Crippen molar-refractivity contribution in [1.82, 2.24) is 15.0 Å². The van der Waals surface area contributed by atoms with Gasteiger partial charge in [0.15, 0.2) is 0 Å². The molecule has 0 amide bonds. The zero-order valence-corrected chi connectivity index (χ0v) is 18.8. The molecule has 1 aromatic heterocycles. The van der Waals surface area contributed by atoms with Crippen LogP contribution in [0.2, 0.25) is 5.02 Å². The van der Waals surface area contributed by atoms with Crippen LogP contribution < -0.4 is 10.0 Å². The summed E-state index contributed by atoms with van der Waals surface area (Å²) in [5.74, 6) is 0.230. The molecule has 0 bridgehead atoms. The molecule has 8 heteroatoms. The molecule has 0 radical (unpaired) electrons. The second kappa shape index (κ2) is 9.51. The van der Waals surface area contributed by atoms with Crippen molar-refractivity contribution in [3.63, 3.8) is 0 Å². The molecule has 156 valence electrons. The average molecular weight is 452 g/mol. The normalized spacial score (nSPS) is 22.2. The highest BCUT2D eigenvalue weighted by Crippen LogP contribution is 2.46. The first kappa shape index (κ1) is 22.2. The Kier molecular flexibility index (Phi) is 7.27. The molecular formula is C21H26ClN3O2S2. The van der Waals surface area contributed by atoms with Gasteiger partial charge in [-0.1, -0.05) is 42.7 Å². The maximum atomic E-state index is 12.6. The highest BCUT2D eigenvalue weighted by Gasteiger charge is 2.45. The predicted molar refractivity (Wildman–Crippen MR) is 121 cm³/mol. The van der Waals surface area contributed by atoms with Crippen LogP contribution in [0.25, 0.3) is 0 Å². The maximum absolute atomic E-state index is 12.6. The Bertz CT molecular complexity index is 936. The van der Waals surface area contributed by atoms with E-state index < -0.39 is 10.0 Å². The maximum Gasteiger partial charge on any atom is 0.240 e. The summed E-state index contributed by atoms with van der Waals surface area (Å²) < 4.78 is 27.9. The van der Waals surface area contributed by atoms with E-state index in [9.17, 15) is 8.42 Å². The summed E-state index contributed by atoms with van der Waals surface area (Å²) in [7, 11) is -1.72. The van der Waals surface area contributed by atoms with Crippen molar-refractivity contribution in [3.05, 3.63) is 59.4 Å². The van der Waals surface area contributed by atoms with Crippen LogP contribution in [0.5, 0.6) is 0 Å². The van der Waals surface area contributed by atoms with E-state index in [0.29, 0.717) is 18.0 Å². The lowest BCUT2D eigenvalue weighted by molar-refractivity contribution is 0.239. The van der Waals surface area contributed by atoms with Gasteiger partial charge in [-0.3, -0.25) is 4.98 Å². The topological polar surface area (TPSA) is 71.1 Å². The molecule has 3 rings (SSSR count). The van der Waals surface area contributed by atoms with E-state index in [0.717, 1.165) is 36.2 Å². The summed E-state index contributed by atoms with van der Waals surface area (Å²) in [6.07, 6.45) is 8.49. The van der Waals surface area contributed by atoms with Gasteiger partial charge in [0.1, 0.15) is 0 Å². The third kappa shape index (κ3) is 4.79. The summed E-state index contributed by atoms with van der Waals surface area (Å²) >= 11 is 11.6. The number of thiocarbonyl (C=S) groups is 1. The van der Waals surface area contributed by atoms with Gasteiger partial charge in [-0.25, -0.2) is 13.1 Å². The van der Waals surface area contributed by atoms with E-state index in [1.807, 2.05) is 19.3 Å². The van der Waals surface area contributed by atoms with Crippen LogP contribution in [0.4, 0.5) is 0 Å². The fourth-order valence-electron chi connectivity index (χ4n) is 4.36. The highest BCUT2D eigenvalue weighted by atomic mass is 35.5. The molecule has 1 heterocycles. The third-order valence-electron chi connectivity index (χ3n) is 5.79. The number of nitrogens with one attached hydrogen (secondary N) is 2. The summed E-state index contributed by atoms with van der Waals surface area (Å²) in [6, 6.07) is 10.2. The largest absolute Gasteiger partial charge is 0.382 e. The molecule has 2 atom stereocenters. The molecule has 1 aliphatic rings. The summed E-state index contributed by atoms with van der Waals surface area (Å²) in [5, 5.41) is 3.70. The second-order valence-corrected chi connectivity index (χ2v) is 9.99. The number of rotatable bonds is 7. The zero-order chi connectivity index (χ0) is 20.9. The first-order chi connectivity index (χ1) is 13.9. The van der Waals surface area contributed by atoms with Crippen molar-refractivity contribution in [1.29, 1.82) is 0 Å². The molecule has 2 N–H and O–H groups in total. The fourth-order valence-corrected chi connectivity index (χ4v) is 5.92. The number of likely N-dealkylation sites (N-methyl/N-ethyl adjacent to an activating group) is 1. The Labute approximate surface area is 183 Å². The van der Waals surface area contributed by atoms with Crippen molar-refractivity contribution in [2.45, 2.75) is 42.4 Å². The molecule has 2 aromatic rings. The molecule has 1 saturated carbocycles. The molecule has 5 nitrogen and oxygen atoms in total. The van der Waals surface area contributed by atoms with Crippen LogP contribution in [0.15, 0.2) is 53.7 Å². The van der Waals surface area contributed by atoms with Gasteiger partial charge >= 0.3 is 0 Å². The van der Waals surface area contributed by atoms with E-state index in [1.54, 1.807) is 18.3 Å². The van der Waals surface area contributed by atoms with Gasteiger partial charge in [0.2, 0.25) is 10.0 Å². The molecular weight excluding hydrogens is 426 g/mol. The monoisotopic (exact) mass is 451 g/mol. The summed E-state index contributed by atoms with van der Waals surface area (Å²) in [4.78, 5) is 5.33. The lowest BCUT2D eigenvalue weighted by atomic mass is 9.61. The van der Waals surface area contributed by atoms with E-state index in [2.05, 4.69) is 21.1 Å². The predicted octanol–water partition coefficient (Wildman–Crippen LogP) is 4.08. The number of sulfonamides is 1. The van der Waals surface area contributed by atoms with Crippen molar-refractivity contribution < 1.29 is 8.42 Å². The van der Waals surface area contributed by atoms with Crippen LogP contribution >= 0.6 is 23.8 Å². The number of nitrogens with zero attached hydrogens (tertiary/aromatic N) is 1. The standard InChI is InChI=1S/C21H26ClN3O2S2/c1-23-20(28)21(17-6-4-13-24-15-17)12-3-2-5-16(21)11-14-25-29(26,27)19-9-7-18(22)8-10-19/h4,6-10,13,15-16,25H,2-3,5,11-12,14H2,1H3,(H,23,28)/t16-,21+/m0/s1. The summed E-state index contributed by atoms with van der Waals surface area (Å²) in [6.45, 7) is 0.351. The SMILES string of the molecule is CNC(=S)[C@]1(c2cccnc2)CCCC[C@H]1CCNS(=O)(=O)c1ccc(Cl)cc1. The molecule has 0 unspecified atom stereocenters. The van der Waals surface area contributed by atoms with Gasteiger partial charge in [0.25, 0.3) is 0 Å². The molecule has 0 spiro atoms. The molecule has 1 aromatic carbocycles. The van der Waals surface area contributed by atoms with Gasteiger partial charge in [0.05, 0.1) is 9.88 Å². The number of pyridine rings is 1. The van der Waals surface area contributed by atoms with Crippen LogP contribution in [-0.4, -0.2) is 32.0 Å². The lowest BCUT2D eigenvalue weighted by Crippen LogP contribution is -2.50. The minimum absolute atomic E-state index is 0.217. The molecule has 29 heavy (non-hydrogen) atoms. The van der Waals surface area contributed by atoms with Crippen molar-refractivity contribution >= 4 is 38.8 Å². The Morgan fingerprint density at radius 2 is 2.03 bits per heavy atom. The third-order valence-corrected chi connectivity index (χ3v) is 8.09. The van der Waals surface area contributed by atoms with E-state index >= 15 is 0 Å². The number of aromatic nitrogens is 1. The van der Waals surface area contributed by atoms with Crippen LogP contribution in [0.3, 0.4) is 0 Å². The van der Waals surface area contributed by atoms with Gasteiger partial charge in [-0.15, -0.1) is 0 Å². The fraction of sp³-hybridized carbons (Fsp3) is 0.429. The van der Waals surface area contributed by atoms with Crippen molar-refractivity contribution in [2.24, 2.45) is 5.92 Å². The van der Waals surface area contributed by atoms with Gasteiger partial charge in [-0.05, 0) is 61.1 Å². The zero-order valence-electron chi connectivity index (χ0n) is 16.4. The van der Waals surface area contributed by atoms with E-state index in [1.165, 1.54) is 12.1 Å². The number of hydrogen-bond donors (Lipinski definition) is 2. The lowest BCUT2D eigenvalue weighted by Gasteiger charge is -2.45. The number of hydrogen-bond acceptors (Lipinski definition) is 4. The molecule has 1 aliphatic carbocycles. The minimum atomic E-state index is -3.58. The van der Waals surface area contributed by atoms with Crippen LogP contribution in [0.1, 0.15) is 37.7 Å². The van der Waals surface area contributed by atoms with Crippen LogP contribution in [0, 0.1) is 5.92 Å². The van der Waals surface area contributed by atoms with Crippen molar-refractivity contribution in [3.8, 4) is 0 Å². The first-order valence-electron chi connectivity index (χ1n) is 9.78. The van der Waals surface area contributed by atoms with Gasteiger partial charge in [0, 0.05) is 36.4 Å². The number of halogens is 1. The second-order valence-electron chi connectivity index (χ2n) is 7.38. The molecule has 1 fully saturated rings. The van der Waals surface area contributed by atoms with Gasteiger partial charge in [-0.2, -0.15) is 0 Å². The minimum Gasteiger partial charge on any atom is -0.382 e. The van der Waals surface area contributed by atoms with Crippen molar-refractivity contribution in [2.75, 3.05) is 13.6 Å². The smallest absolute Gasteiger partial charge is 0.240 e. The van der Waals surface area contributed by atoms with Gasteiger partial charge < -0.3 is 5.32 Å².